The smallest absolute Gasteiger partial charge is 0.246 e. The summed E-state index contributed by atoms with van der Waals surface area (Å²) in [5.74, 6) is 0.847. The summed E-state index contributed by atoms with van der Waals surface area (Å²) in [6.45, 7) is 4.56. The molecule has 7 nitrogen and oxygen atoms in total. The fourth-order valence-corrected chi connectivity index (χ4v) is 2.17. The summed E-state index contributed by atoms with van der Waals surface area (Å²) in [5, 5.41) is 7.27. The van der Waals surface area contributed by atoms with Crippen LogP contribution in [0.2, 0.25) is 0 Å². The van der Waals surface area contributed by atoms with Crippen LogP contribution < -0.4 is 10.2 Å². The van der Waals surface area contributed by atoms with Crippen LogP contribution in [0.1, 0.15) is 6.92 Å². The van der Waals surface area contributed by atoms with Crippen LogP contribution in [-0.4, -0.2) is 59.8 Å². The second-order valence-corrected chi connectivity index (χ2v) is 4.42. The minimum absolute atomic E-state index is 0. The number of carbonyl (C=O) groups excluding carboxylic acids is 1. The highest BCUT2D eigenvalue weighted by Crippen LogP contribution is 2.15. The van der Waals surface area contributed by atoms with Gasteiger partial charge in [0.2, 0.25) is 5.91 Å². The van der Waals surface area contributed by atoms with E-state index in [0.29, 0.717) is 13.1 Å². The number of aromatic nitrogens is 2. The highest BCUT2D eigenvalue weighted by molar-refractivity contribution is 14.0. The Morgan fingerprint density at radius 3 is 2.75 bits per heavy atom. The average Bonchev–Trinajstić information content (AvgIpc) is 2.82. The number of aryl methyl sites for hydroxylation is 1. The second kappa shape index (κ2) is 7.46. The van der Waals surface area contributed by atoms with Gasteiger partial charge in [-0.1, -0.05) is 0 Å². The molecule has 112 valence electrons. The van der Waals surface area contributed by atoms with Crippen LogP contribution in [0.15, 0.2) is 17.4 Å². The summed E-state index contributed by atoms with van der Waals surface area (Å²) < 4.78 is 1.70. The monoisotopic (exact) mass is 392 g/mol. The summed E-state index contributed by atoms with van der Waals surface area (Å²) in [7, 11) is 3.58. The summed E-state index contributed by atoms with van der Waals surface area (Å²) >= 11 is 0. The van der Waals surface area contributed by atoms with E-state index in [1.165, 1.54) is 0 Å². The normalized spacial score (nSPS) is 16.1. The Hall–Kier alpha value is -1.32. The second-order valence-electron chi connectivity index (χ2n) is 4.42. The van der Waals surface area contributed by atoms with Crippen molar-refractivity contribution in [3.63, 3.8) is 0 Å². The minimum atomic E-state index is 0. The first-order valence-corrected chi connectivity index (χ1v) is 6.40. The number of guanidine groups is 1. The van der Waals surface area contributed by atoms with Crippen molar-refractivity contribution >= 4 is 41.5 Å². The zero-order valence-electron chi connectivity index (χ0n) is 12.0. The van der Waals surface area contributed by atoms with E-state index in [1.54, 1.807) is 22.8 Å². The number of aliphatic imine (C=N–C) groups is 1. The van der Waals surface area contributed by atoms with E-state index >= 15 is 0 Å². The van der Waals surface area contributed by atoms with Crippen molar-refractivity contribution < 1.29 is 4.79 Å². The lowest BCUT2D eigenvalue weighted by molar-refractivity contribution is -0.120. The first kappa shape index (κ1) is 16.7. The molecule has 2 rings (SSSR count). The highest BCUT2D eigenvalue weighted by atomic mass is 127. The van der Waals surface area contributed by atoms with Gasteiger partial charge in [0.05, 0.1) is 11.9 Å². The van der Waals surface area contributed by atoms with Crippen LogP contribution in [0.3, 0.4) is 0 Å². The molecule has 0 unspecified atom stereocenters. The highest BCUT2D eigenvalue weighted by Gasteiger charge is 2.27. The molecule has 1 aromatic rings. The lowest BCUT2D eigenvalue weighted by Gasteiger charge is -2.35. The number of carbonyl (C=O) groups is 1. The van der Waals surface area contributed by atoms with Crippen LogP contribution in [0, 0.1) is 0 Å². The molecule has 0 atom stereocenters. The number of piperazine rings is 1. The van der Waals surface area contributed by atoms with Crippen molar-refractivity contribution in [2.45, 2.75) is 6.92 Å². The van der Waals surface area contributed by atoms with E-state index in [2.05, 4.69) is 15.4 Å². The summed E-state index contributed by atoms with van der Waals surface area (Å²) in [6.07, 6.45) is 3.57. The van der Waals surface area contributed by atoms with Gasteiger partial charge in [-0.15, -0.1) is 24.0 Å². The van der Waals surface area contributed by atoms with Gasteiger partial charge in [0.15, 0.2) is 5.96 Å². The van der Waals surface area contributed by atoms with E-state index in [0.717, 1.165) is 24.7 Å². The predicted octanol–water partition coefficient (Wildman–Crippen LogP) is 0.282. The Bertz CT molecular complexity index is 486. The first-order valence-electron chi connectivity index (χ1n) is 6.40. The summed E-state index contributed by atoms with van der Waals surface area (Å²) in [6, 6.07) is 0. The van der Waals surface area contributed by atoms with Crippen LogP contribution >= 0.6 is 24.0 Å². The molecule has 20 heavy (non-hydrogen) atoms. The molecule has 0 bridgehead atoms. The van der Waals surface area contributed by atoms with Gasteiger partial charge >= 0.3 is 0 Å². The van der Waals surface area contributed by atoms with Crippen molar-refractivity contribution in [3.05, 3.63) is 12.4 Å². The third-order valence-electron chi connectivity index (χ3n) is 3.07. The molecule has 0 aliphatic carbocycles. The fraction of sp³-hybridized carbons (Fsp3) is 0.583. The molecule has 1 aliphatic rings. The van der Waals surface area contributed by atoms with Crippen molar-refractivity contribution in [3.8, 4) is 0 Å². The maximum atomic E-state index is 12.2. The largest absolute Gasteiger partial charge is 0.357 e. The lowest BCUT2D eigenvalue weighted by atomic mass is 10.3. The number of rotatable bonds is 2. The molecule has 0 saturated carbocycles. The van der Waals surface area contributed by atoms with Gasteiger partial charge < -0.3 is 15.1 Å². The average molecular weight is 392 g/mol. The van der Waals surface area contributed by atoms with Gasteiger partial charge in [0.25, 0.3) is 0 Å². The third kappa shape index (κ3) is 3.62. The predicted molar refractivity (Wildman–Crippen MR) is 89.6 cm³/mol. The van der Waals surface area contributed by atoms with Crippen molar-refractivity contribution in [1.29, 1.82) is 0 Å². The van der Waals surface area contributed by atoms with E-state index in [9.17, 15) is 4.79 Å². The van der Waals surface area contributed by atoms with Gasteiger partial charge in [0.1, 0.15) is 6.54 Å². The molecular weight excluding hydrogens is 371 g/mol. The van der Waals surface area contributed by atoms with Gasteiger partial charge in [-0.05, 0) is 6.92 Å². The molecule has 1 aliphatic heterocycles. The molecule has 1 amide bonds. The Kier molecular flexibility index (Phi) is 6.24. The molecule has 8 heteroatoms. The summed E-state index contributed by atoms with van der Waals surface area (Å²) in [4.78, 5) is 20.1. The van der Waals surface area contributed by atoms with E-state index in [1.807, 2.05) is 25.1 Å². The number of hydrogen-bond acceptors (Lipinski definition) is 3. The molecule has 1 saturated heterocycles. The van der Waals surface area contributed by atoms with Gasteiger partial charge in [-0.2, -0.15) is 5.10 Å². The molecule has 0 aromatic carbocycles. The number of anilines is 1. The standard InChI is InChI=1S/C12H20N6O.HI/c1-4-14-12(13-2)17-5-6-18(11(19)9-17)10-7-15-16(3)8-10;/h7-8H,4-6,9H2,1-3H3,(H,13,14);1H. The van der Waals surface area contributed by atoms with Crippen LogP contribution in [0.5, 0.6) is 0 Å². The lowest BCUT2D eigenvalue weighted by Crippen LogP contribution is -2.55. The SMILES string of the molecule is CCNC(=NC)N1CCN(c2cnn(C)c2)C(=O)C1.I. The molecule has 0 spiro atoms. The maximum Gasteiger partial charge on any atom is 0.246 e. The van der Waals surface area contributed by atoms with Gasteiger partial charge in [-0.25, -0.2) is 0 Å². The Morgan fingerprint density at radius 1 is 1.50 bits per heavy atom. The molecule has 2 heterocycles. The Morgan fingerprint density at radius 2 is 2.25 bits per heavy atom. The number of nitrogens with zero attached hydrogens (tertiary/aromatic N) is 5. The quantitative estimate of drug-likeness (QED) is 0.446. The summed E-state index contributed by atoms with van der Waals surface area (Å²) in [5.41, 5.74) is 0.852. The third-order valence-corrected chi connectivity index (χ3v) is 3.07. The molecule has 1 fully saturated rings. The van der Waals surface area contributed by atoms with E-state index < -0.39 is 0 Å². The van der Waals surface area contributed by atoms with Crippen molar-refractivity contribution in [2.24, 2.45) is 12.0 Å². The maximum absolute atomic E-state index is 12.2. The van der Waals surface area contributed by atoms with Crippen LogP contribution in [0.4, 0.5) is 5.69 Å². The van der Waals surface area contributed by atoms with E-state index in [-0.39, 0.29) is 29.9 Å². The number of hydrogen-bond donors (Lipinski definition) is 1. The molecular formula is C12H21IN6O. The fourth-order valence-electron chi connectivity index (χ4n) is 2.17. The van der Waals surface area contributed by atoms with Crippen molar-refractivity contribution in [2.75, 3.05) is 38.1 Å². The number of halogens is 1. The van der Waals surface area contributed by atoms with Crippen molar-refractivity contribution in [1.82, 2.24) is 20.0 Å². The van der Waals surface area contributed by atoms with Gasteiger partial charge in [-0.3, -0.25) is 14.5 Å². The minimum Gasteiger partial charge on any atom is -0.357 e. The zero-order chi connectivity index (χ0) is 13.8. The topological polar surface area (TPSA) is 65.8 Å². The molecule has 0 radical (unpaired) electrons. The Labute approximate surface area is 136 Å². The molecule has 1 N–H and O–H groups in total. The zero-order valence-corrected chi connectivity index (χ0v) is 14.4. The molecule has 1 aromatic heterocycles. The van der Waals surface area contributed by atoms with Crippen LogP contribution in [-0.2, 0) is 11.8 Å². The van der Waals surface area contributed by atoms with Crippen LogP contribution in [0.25, 0.3) is 0 Å². The number of nitrogens with one attached hydrogen (secondary N) is 1. The van der Waals surface area contributed by atoms with Gasteiger partial charge in [0, 0.05) is 39.9 Å². The first-order chi connectivity index (χ1) is 9.15. The number of amides is 1. The Balaban J connectivity index is 0.00000200. The van der Waals surface area contributed by atoms with E-state index in [4.69, 9.17) is 0 Å².